The maximum atomic E-state index is 13.3. The van der Waals surface area contributed by atoms with Crippen molar-refractivity contribution in [1.82, 2.24) is 0 Å². The number of fused-ring (bicyclic) bond motifs is 2. The molecule has 2 N–H and O–H groups in total. The van der Waals surface area contributed by atoms with Gasteiger partial charge in [-0.05, 0) is 64.0 Å². The summed E-state index contributed by atoms with van der Waals surface area (Å²) in [6, 6.07) is 7.00. The Morgan fingerprint density at radius 2 is 1.88 bits per heavy atom. The molecule has 0 fully saturated rings. The fourth-order valence-corrected chi connectivity index (χ4v) is 3.99. The molecule has 6 nitrogen and oxygen atoms in total. The number of hydrogen-bond donors (Lipinski definition) is 2. The summed E-state index contributed by atoms with van der Waals surface area (Å²) in [5, 5.41) is 21.8. The van der Waals surface area contributed by atoms with E-state index in [0.717, 1.165) is 5.57 Å². The Balaban J connectivity index is 1.91. The van der Waals surface area contributed by atoms with Crippen molar-refractivity contribution in [3.05, 3.63) is 64.2 Å². The minimum absolute atomic E-state index is 0.00822. The fraction of sp³-hybridized carbons (Fsp3) is 0.346. The van der Waals surface area contributed by atoms with Gasteiger partial charge in [0, 0.05) is 5.56 Å². The smallest absolute Gasteiger partial charge is 0.202 e. The number of ether oxygens (including phenoxy) is 3. The number of ketones is 1. The number of Topliss-reactive ketones (excluding diaryl/α,β-unsaturated/α-hetero) is 1. The maximum absolute atomic E-state index is 13.3. The lowest BCUT2D eigenvalue weighted by Gasteiger charge is -2.35. The highest BCUT2D eigenvalue weighted by Gasteiger charge is 2.43. The monoisotopic (exact) mass is 436 g/mol. The summed E-state index contributed by atoms with van der Waals surface area (Å²) in [5.41, 5.74) is 2.23. The third-order valence-electron chi connectivity index (χ3n) is 5.73. The third-order valence-corrected chi connectivity index (χ3v) is 5.73. The van der Waals surface area contributed by atoms with Crippen LogP contribution in [0.3, 0.4) is 0 Å². The van der Waals surface area contributed by atoms with E-state index in [1.54, 1.807) is 37.5 Å². The molecule has 168 valence electrons. The van der Waals surface area contributed by atoms with Gasteiger partial charge in [-0.3, -0.25) is 4.79 Å². The minimum atomic E-state index is -1.46. The Labute approximate surface area is 187 Å². The molecule has 2 aromatic carbocycles. The van der Waals surface area contributed by atoms with Crippen molar-refractivity contribution >= 4 is 11.9 Å². The molecule has 0 radical (unpaired) electrons. The Bertz CT molecular complexity index is 1120. The topological polar surface area (TPSA) is 85.2 Å². The van der Waals surface area contributed by atoms with E-state index >= 15 is 0 Å². The van der Waals surface area contributed by atoms with Crippen LogP contribution in [0.4, 0.5) is 0 Å². The van der Waals surface area contributed by atoms with Crippen LogP contribution in [0.1, 0.15) is 60.8 Å². The summed E-state index contributed by atoms with van der Waals surface area (Å²) >= 11 is 0. The quantitative estimate of drug-likeness (QED) is 0.672. The molecule has 4 rings (SSSR count). The van der Waals surface area contributed by atoms with Crippen molar-refractivity contribution in [2.45, 2.75) is 51.9 Å². The van der Waals surface area contributed by atoms with E-state index in [1.165, 1.54) is 0 Å². The van der Waals surface area contributed by atoms with Gasteiger partial charge < -0.3 is 24.4 Å². The van der Waals surface area contributed by atoms with E-state index in [0.29, 0.717) is 34.6 Å². The predicted molar refractivity (Wildman–Crippen MR) is 122 cm³/mol. The first-order valence-corrected chi connectivity index (χ1v) is 10.6. The Hall–Kier alpha value is -3.25. The van der Waals surface area contributed by atoms with Crippen molar-refractivity contribution in [2.75, 3.05) is 7.11 Å². The molecule has 0 saturated carbocycles. The molecule has 2 aliphatic heterocycles. The summed E-state index contributed by atoms with van der Waals surface area (Å²) in [5.74, 6) is 0.582. The van der Waals surface area contributed by atoms with Gasteiger partial charge in [0.1, 0.15) is 34.2 Å². The van der Waals surface area contributed by atoms with Crippen LogP contribution in [-0.4, -0.2) is 34.8 Å². The van der Waals surface area contributed by atoms with E-state index in [-0.39, 0.29) is 17.1 Å². The average Bonchev–Trinajstić information content (AvgIpc) is 2.75. The molecule has 0 spiro atoms. The average molecular weight is 437 g/mol. The summed E-state index contributed by atoms with van der Waals surface area (Å²) in [6.45, 7) is 7.81. The van der Waals surface area contributed by atoms with E-state index < -0.39 is 23.6 Å². The first kappa shape index (κ1) is 22.0. The zero-order valence-electron chi connectivity index (χ0n) is 18.9. The van der Waals surface area contributed by atoms with Gasteiger partial charge in [0.25, 0.3) is 0 Å². The van der Waals surface area contributed by atoms with Gasteiger partial charge in [0.05, 0.1) is 12.7 Å². The van der Waals surface area contributed by atoms with E-state index in [4.69, 9.17) is 14.2 Å². The van der Waals surface area contributed by atoms with Crippen LogP contribution in [0.15, 0.2) is 42.0 Å². The molecule has 32 heavy (non-hydrogen) atoms. The number of phenols is 1. The zero-order valence-corrected chi connectivity index (χ0v) is 18.9. The van der Waals surface area contributed by atoms with Crippen molar-refractivity contribution in [3.63, 3.8) is 0 Å². The summed E-state index contributed by atoms with van der Waals surface area (Å²) < 4.78 is 17.7. The molecular weight excluding hydrogens is 408 g/mol. The lowest BCUT2D eigenvalue weighted by molar-refractivity contribution is 0.0204. The first-order chi connectivity index (χ1) is 15.1. The van der Waals surface area contributed by atoms with Gasteiger partial charge in [-0.15, -0.1) is 0 Å². The van der Waals surface area contributed by atoms with Crippen LogP contribution >= 0.6 is 0 Å². The molecular formula is C26H28O6. The van der Waals surface area contributed by atoms with Crippen LogP contribution in [0.2, 0.25) is 0 Å². The Morgan fingerprint density at radius 1 is 1.19 bits per heavy atom. The molecule has 0 unspecified atom stereocenters. The van der Waals surface area contributed by atoms with E-state index in [9.17, 15) is 15.0 Å². The number of aliphatic hydroxyl groups excluding tert-OH is 1. The van der Waals surface area contributed by atoms with Crippen molar-refractivity contribution < 1.29 is 29.2 Å². The molecule has 0 aromatic heterocycles. The molecule has 2 aliphatic rings. The normalized spacial score (nSPS) is 20.5. The SMILES string of the molecule is COc1ccc([C@@H]2Oc3c(CC=C(C)C)c4c(c(O)c3C(=O)[C@H]2O)C=CC(C)(C)O4)cc1. The van der Waals surface area contributed by atoms with Gasteiger partial charge in [-0.2, -0.15) is 0 Å². The number of benzene rings is 2. The Morgan fingerprint density at radius 3 is 2.50 bits per heavy atom. The highest BCUT2D eigenvalue weighted by Crippen LogP contribution is 2.51. The maximum Gasteiger partial charge on any atom is 0.202 e. The number of allylic oxidation sites excluding steroid dienone is 2. The lowest BCUT2D eigenvalue weighted by atomic mass is 9.87. The van der Waals surface area contributed by atoms with Crippen LogP contribution in [0.25, 0.3) is 6.08 Å². The number of aliphatic hydroxyl groups is 1. The largest absolute Gasteiger partial charge is 0.506 e. The van der Waals surface area contributed by atoms with E-state index in [2.05, 4.69) is 0 Å². The molecule has 6 heteroatoms. The molecule has 0 aliphatic carbocycles. The fourth-order valence-electron chi connectivity index (χ4n) is 3.99. The number of phenolic OH excluding ortho intramolecular Hbond substituents is 1. The number of hydrogen-bond acceptors (Lipinski definition) is 6. The van der Waals surface area contributed by atoms with Crippen molar-refractivity contribution in [3.8, 4) is 23.0 Å². The summed E-state index contributed by atoms with van der Waals surface area (Å²) in [6.07, 6.45) is 3.68. The van der Waals surface area contributed by atoms with Gasteiger partial charge >= 0.3 is 0 Å². The molecule has 0 bridgehead atoms. The van der Waals surface area contributed by atoms with Gasteiger partial charge in [-0.1, -0.05) is 23.8 Å². The number of carbonyl (C=O) groups excluding carboxylic acids is 1. The van der Waals surface area contributed by atoms with Crippen LogP contribution < -0.4 is 14.2 Å². The molecule has 2 heterocycles. The van der Waals surface area contributed by atoms with E-state index in [1.807, 2.05) is 39.8 Å². The highest BCUT2D eigenvalue weighted by atomic mass is 16.5. The van der Waals surface area contributed by atoms with Crippen LogP contribution in [0, 0.1) is 0 Å². The standard InChI is InChI=1S/C26H28O6/c1-14(2)6-11-18-24-17(12-13-26(3,4)32-24)20(27)19-21(28)22(29)23(31-25(18)19)15-7-9-16(30-5)10-8-15/h6-10,12-13,22-23,27,29H,11H2,1-5H3/t22-,23+/m1/s1. The highest BCUT2D eigenvalue weighted by molar-refractivity contribution is 6.07. The Kier molecular flexibility index (Phi) is 5.51. The first-order valence-electron chi connectivity index (χ1n) is 10.6. The zero-order chi connectivity index (χ0) is 23.2. The van der Waals surface area contributed by atoms with Crippen molar-refractivity contribution in [1.29, 1.82) is 0 Å². The lowest BCUT2D eigenvalue weighted by Crippen LogP contribution is -2.37. The van der Waals surface area contributed by atoms with Gasteiger partial charge in [0.15, 0.2) is 12.2 Å². The molecule has 2 atom stereocenters. The third kappa shape index (κ3) is 3.75. The summed E-state index contributed by atoms with van der Waals surface area (Å²) in [7, 11) is 1.57. The molecule has 0 saturated heterocycles. The molecule has 2 aromatic rings. The second-order valence-electron chi connectivity index (χ2n) is 8.92. The summed E-state index contributed by atoms with van der Waals surface area (Å²) in [4.78, 5) is 13.3. The second kappa shape index (κ2) is 8.02. The van der Waals surface area contributed by atoms with Gasteiger partial charge in [-0.25, -0.2) is 0 Å². The number of methoxy groups -OCH3 is 1. The number of aromatic hydroxyl groups is 1. The van der Waals surface area contributed by atoms with Crippen LogP contribution in [0.5, 0.6) is 23.0 Å². The number of rotatable bonds is 4. The second-order valence-corrected chi connectivity index (χ2v) is 8.92. The van der Waals surface area contributed by atoms with Gasteiger partial charge in [0.2, 0.25) is 5.78 Å². The molecule has 0 amide bonds. The number of carbonyl (C=O) groups is 1. The van der Waals surface area contributed by atoms with Crippen LogP contribution in [-0.2, 0) is 6.42 Å². The predicted octanol–water partition coefficient (Wildman–Crippen LogP) is 4.77. The minimum Gasteiger partial charge on any atom is -0.506 e. The van der Waals surface area contributed by atoms with Crippen molar-refractivity contribution in [2.24, 2.45) is 0 Å².